The highest BCUT2D eigenvalue weighted by atomic mass is 79.9. The Morgan fingerprint density at radius 2 is 2.16 bits per heavy atom. The first kappa shape index (κ1) is 21.2. The number of anilines is 1. The molecule has 0 bridgehead atoms. The predicted molar refractivity (Wildman–Crippen MR) is 121 cm³/mol. The minimum Gasteiger partial charge on any atom is -0.397 e. The van der Waals surface area contributed by atoms with E-state index >= 15 is 0 Å². The highest BCUT2D eigenvalue weighted by Gasteiger charge is 2.25. The minimum absolute atomic E-state index is 0.167. The predicted octanol–water partition coefficient (Wildman–Crippen LogP) is 2.01. The largest absolute Gasteiger partial charge is 0.397 e. The Morgan fingerprint density at radius 3 is 2.94 bits per heavy atom. The van der Waals surface area contributed by atoms with Gasteiger partial charge in [0.15, 0.2) is 0 Å². The lowest BCUT2D eigenvalue weighted by atomic mass is 10.2. The van der Waals surface area contributed by atoms with Gasteiger partial charge in [-0.05, 0) is 28.4 Å². The number of rotatable bonds is 8. The van der Waals surface area contributed by atoms with Gasteiger partial charge in [-0.15, -0.1) is 10.2 Å². The fourth-order valence-corrected chi connectivity index (χ4v) is 4.09. The molecule has 0 saturated carbocycles. The van der Waals surface area contributed by atoms with Crippen molar-refractivity contribution in [1.82, 2.24) is 29.5 Å². The molecule has 0 saturated heterocycles. The van der Waals surface area contributed by atoms with Crippen molar-refractivity contribution in [2.24, 2.45) is 4.99 Å². The summed E-state index contributed by atoms with van der Waals surface area (Å²) in [5.74, 6) is 1.33. The SMILES string of the molecule is CCCCCn1c2c(c(=O)n3c(CCNC(=O)c4ccncc4N)nnc13)CC(Br)=N2. The van der Waals surface area contributed by atoms with Crippen molar-refractivity contribution >= 4 is 43.7 Å². The van der Waals surface area contributed by atoms with Crippen LogP contribution in [0, 0.1) is 0 Å². The molecule has 0 spiro atoms. The summed E-state index contributed by atoms with van der Waals surface area (Å²) in [7, 11) is 0. The van der Waals surface area contributed by atoms with Crippen molar-refractivity contribution in [3.8, 4) is 0 Å². The van der Waals surface area contributed by atoms with Crippen molar-refractivity contribution in [3.05, 3.63) is 45.8 Å². The van der Waals surface area contributed by atoms with Crippen LogP contribution in [0.2, 0.25) is 0 Å². The van der Waals surface area contributed by atoms with Gasteiger partial charge in [-0.25, -0.2) is 9.39 Å². The van der Waals surface area contributed by atoms with E-state index in [-0.39, 0.29) is 18.0 Å². The minimum atomic E-state index is -0.302. The molecule has 3 aromatic rings. The van der Waals surface area contributed by atoms with Crippen LogP contribution < -0.4 is 16.6 Å². The fraction of sp³-hybridized carbons (Fsp3) is 0.400. The average molecular weight is 487 g/mol. The van der Waals surface area contributed by atoms with Crippen molar-refractivity contribution < 1.29 is 4.79 Å². The first-order chi connectivity index (χ1) is 15.0. The summed E-state index contributed by atoms with van der Waals surface area (Å²) in [5.41, 5.74) is 6.94. The van der Waals surface area contributed by atoms with E-state index in [4.69, 9.17) is 5.73 Å². The third kappa shape index (κ3) is 4.09. The molecule has 0 fully saturated rings. The molecule has 4 heterocycles. The summed E-state index contributed by atoms with van der Waals surface area (Å²) >= 11 is 3.42. The van der Waals surface area contributed by atoms with Crippen LogP contribution in [0.15, 0.2) is 28.2 Å². The number of hydrogen-bond acceptors (Lipinski definition) is 7. The van der Waals surface area contributed by atoms with Crippen LogP contribution in [0.4, 0.5) is 11.5 Å². The number of nitrogens with zero attached hydrogens (tertiary/aromatic N) is 6. The molecule has 0 radical (unpaired) electrons. The van der Waals surface area contributed by atoms with Gasteiger partial charge in [-0.2, -0.15) is 0 Å². The Labute approximate surface area is 186 Å². The van der Waals surface area contributed by atoms with Gasteiger partial charge in [-0.1, -0.05) is 19.8 Å². The number of aromatic nitrogens is 5. The molecule has 3 N–H and O–H groups in total. The Bertz CT molecular complexity index is 1230. The van der Waals surface area contributed by atoms with Crippen molar-refractivity contribution in [1.29, 1.82) is 0 Å². The van der Waals surface area contributed by atoms with Crippen LogP contribution in [0.3, 0.4) is 0 Å². The quantitative estimate of drug-likeness (QED) is 0.467. The summed E-state index contributed by atoms with van der Waals surface area (Å²) in [5, 5.41) is 11.3. The summed E-state index contributed by atoms with van der Waals surface area (Å²) < 4.78 is 4.24. The Balaban J connectivity index is 1.59. The van der Waals surface area contributed by atoms with E-state index in [0.29, 0.717) is 53.6 Å². The maximum absolute atomic E-state index is 13.2. The normalized spacial score (nSPS) is 12.8. The van der Waals surface area contributed by atoms with Crippen LogP contribution >= 0.6 is 15.9 Å². The zero-order valence-electron chi connectivity index (χ0n) is 17.1. The first-order valence-electron chi connectivity index (χ1n) is 10.2. The number of carbonyl (C=O) groups is 1. The molecule has 1 amide bonds. The van der Waals surface area contributed by atoms with Gasteiger partial charge in [0.1, 0.15) is 11.6 Å². The van der Waals surface area contributed by atoms with E-state index < -0.39 is 0 Å². The zero-order valence-corrected chi connectivity index (χ0v) is 18.7. The molecule has 1 aliphatic rings. The highest BCUT2D eigenvalue weighted by molar-refractivity contribution is 9.18. The van der Waals surface area contributed by atoms with Gasteiger partial charge >= 0.3 is 0 Å². The van der Waals surface area contributed by atoms with E-state index in [2.05, 4.69) is 48.3 Å². The molecule has 162 valence electrons. The number of hydrogen-bond donors (Lipinski definition) is 2. The monoisotopic (exact) mass is 486 g/mol. The molecule has 11 heteroatoms. The number of nitrogen functional groups attached to an aromatic ring is 1. The first-order valence-corrected chi connectivity index (χ1v) is 11.0. The van der Waals surface area contributed by atoms with Gasteiger partial charge in [0.2, 0.25) is 5.78 Å². The molecule has 0 aliphatic carbocycles. The lowest BCUT2D eigenvalue weighted by Crippen LogP contribution is -2.28. The number of amides is 1. The molecular formula is C20H23BrN8O2. The van der Waals surface area contributed by atoms with Gasteiger partial charge in [0, 0.05) is 32.1 Å². The van der Waals surface area contributed by atoms with Gasteiger partial charge < -0.3 is 11.1 Å². The van der Waals surface area contributed by atoms with Crippen LogP contribution in [0.5, 0.6) is 0 Å². The number of aliphatic imine (C=N–C) groups is 1. The number of pyridine rings is 1. The number of unbranched alkanes of at least 4 members (excludes halogenated alkanes) is 2. The smallest absolute Gasteiger partial charge is 0.266 e. The second kappa shape index (κ2) is 8.96. The van der Waals surface area contributed by atoms with E-state index in [9.17, 15) is 9.59 Å². The average Bonchev–Trinajstić information content (AvgIpc) is 3.35. The maximum Gasteiger partial charge on any atom is 0.266 e. The van der Waals surface area contributed by atoms with E-state index in [0.717, 1.165) is 23.9 Å². The van der Waals surface area contributed by atoms with E-state index in [1.54, 1.807) is 10.5 Å². The molecule has 1 aliphatic heterocycles. The Morgan fingerprint density at radius 1 is 1.32 bits per heavy atom. The van der Waals surface area contributed by atoms with Crippen LogP contribution in [0.25, 0.3) is 5.78 Å². The van der Waals surface area contributed by atoms with Crippen LogP contribution in [-0.2, 0) is 19.4 Å². The third-order valence-corrected chi connectivity index (χ3v) is 5.66. The molecule has 0 unspecified atom stereocenters. The summed E-state index contributed by atoms with van der Waals surface area (Å²) in [6.07, 6.45) is 6.87. The highest BCUT2D eigenvalue weighted by Crippen LogP contribution is 2.28. The summed E-state index contributed by atoms with van der Waals surface area (Å²) in [6, 6.07) is 1.56. The lowest BCUT2D eigenvalue weighted by Gasteiger charge is -2.12. The molecule has 4 rings (SSSR count). The number of fused-ring (bicyclic) bond motifs is 2. The molecule has 3 aromatic heterocycles. The Kier molecular flexibility index (Phi) is 6.12. The fourth-order valence-electron chi connectivity index (χ4n) is 3.65. The maximum atomic E-state index is 13.2. The van der Waals surface area contributed by atoms with Crippen molar-refractivity contribution in [2.45, 2.75) is 45.6 Å². The number of nitrogens with two attached hydrogens (primary N) is 1. The van der Waals surface area contributed by atoms with E-state index in [1.807, 2.05) is 4.57 Å². The number of aryl methyl sites for hydroxylation is 1. The molecule has 10 nitrogen and oxygen atoms in total. The molecule has 0 atom stereocenters. The van der Waals surface area contributed by atoms with E-state index in [1.165, 1.54) is 12.4 Å². The summed E-state index contributed by atoms with van der Waals surface area (Å²) in [6.45, 7) is 3.14. The zero-order chi connectivity index (χ0) is 22.0. The molecule has 0 aromatic carbocycles. The van der Waals surface area contributed by atoms with Crippen LogP contribution in [-0.4, -0.2) is 41.2 Å². The third-order valence-electron chi connectivity index (χ3n) is 5.21. The topological polar surface area (TPSA) is 133 Å². The van der Waals surface area contributed by atoms with Gasteiger partial charge in [0.05, 0.1) is 27.6 Å². The van der Waals surface area contributed by atoms with Crippen molar-refractivity contribution in [3.63, 3.8) is 0 Å². The van der Waals surface area contributed by atoms with Crippen molar-refractivity contribution in [2.75, 3.05) is 12.3 Å². The number of halogens is 1. The second-order valence-corrected chi connectivity index (χ2v) is 8.27. The summed E-state index contributed by atoms with van der Waals surface area (Å²) in [4.78, 5) is 33.9. The van der Waals surface area contributed by atoms with Gasteiger partial charge in [0.25, 0.3) is 11.5 Å². The lowest BCUT2D eigenvalue weighted by molar-refractivity contribution is 0.0954. The standard InChI is InChI=1S/C20H23BrN8O2/c1-2-3-4-9-28-17-13(10-15(21)25-17)19(31)29-16(26-27-20(28)29)6-8-24-18(30)12-5-7-23-11-14(12)22/h5,7,11H,2-4,6,8-10,22H2,1H3,(H,24,30). The molecular weight excluding hydrogens is 464 g/mol. The molecule has 31 heavy (non-hydrogen) atoms. The number of nitrogens with one attached hydrogen (secondary N) is 1. The van der Waals surface area contributed by atoms with Gasteiger partial charge in [-0.3, -0.25) is 19.1 Å². The van der Waals surface area contributed by atoms with Crippen LogP contribution in [0.1, 0.15) is 47.9 Å². The second-order valence-electron chi connectivity index (χ2n) is 7.35. The Hall–Kier alpha value is -3.08. The number of carbonyl (C=O) groups excluding carboxylic acids is 1.